The van der Waals surface area contributed by atoms with Crippen LogP contribution in [0.3, 0.4) is 0 Å². The lowest BCUT2D eigenvalue weighted by molar-refractivity contribution is 0.0712. The predicted octanol–water partition coefficient (Wildman–Crippen LogP) is 2.73. The second kappa shape index (κ2) is 7.12. The summed E-state index contributed by atoms with van der Waals surface area (Å²) >= 11 is 12.7. The minimum atomic E-state index is -0.0467. The third kappa shape index (κ3) is 3.94. The van der Waals surface area contributed by atoms with Crippen LogP contribution in [-0.2, 0) is 4.74 Å². The van der Waals surface area contributed by atoms with Gasteiger partial charge in [0.15, 0.2) is 0 Å². The number of halogens is 2. The second-order valence-corrected chi connectivity index (χ2v) is 5.17. The largest absolute Gasteiger partial charge is 0.383 e. The summed E-state index contributed by atoms with van der Waals surface area (Å²) in [5.74, 6) is 0.365. The molecular weight excluding hydrogens is 269 g/mol. The minimum Gasteiger partial charge on any atom is -0.383 e. The van der Waals surface area contributed by atoms with Gasteiger partial charge < -0.3 is 9.64 Å². The van der Waals surface area contributed by atoms with Crippen LogP contribution in [0.25, 0.3) is 0 Å². The Morgan fingerprint density at radius 3 is 2.75 bits per heavy atom. The first kappa shape index (κ1) is 13.8. The van der Waals surface area contributed by atoms with Crippen molar-refractivity contribution in [3.05, 3.63) is 21.3 Å². The quantitative estimate of drug-likeness (QED) is 0.751. The number of carbonyl (C=O) groups excluding carboxylic acids is 1. The van der Waals surface area contributed by atoms with Crippen molar-refractivity contribution < 1.29 is 9.53 Å². The van der Waals surface area contributed by atoms with E-state index in [1.54, 1.807) is 24.1 Å². The van der Waals surface area contributed by atoms with E-state index < -0.39 is 0 Å². The molecule has 0 aliphatic carbocycles. The van der Waals surface area contributed by atoms with E-state index in [4.69, 9.17) is 27.9 Å². The SMILES string of the molecule is COCCN(CCCl)C(=O)c1ccc(Cl)s1. The standard InChI is InChI=1S/C10H13Cl2NO2S/c1-15-7-6-13(5-4-11)10(14)8-2-3-9(12)16-8/h2-3H,4-7H2,1H3. The van der Waals surface area contributed by atoms with E-state index in [0.29, 0.717) is 34.8 Å². The Kier molecular flexibility index (Phi) is 6.13. The number of carbonyl (C=O) groups is 1. The highest BCUT2D eigenvalue weighted by atomic mass is 35.5. The molecule has 1 heterocycles. The van der Waals surface area contributed by atoms with Crippen molar-refractivity contribution in [1.82, 2.24) is 4.90 Å². The molecule has 1 amide bonds. The zero-order valence-electron chi connectivity index (χ0n) is 8.91. The van der Waals surface area contributed by atoms with Gasteiger partial charge in [0.2, 0.25) is 0 Å². The van der Waals surface area contributed by atoms with Crippen LogP contribution in [-0.4, -0.2) is 43.5 Å². The van der Waals surface area contributed by atoms with Gasteiger partial charge in [-0.2, -0.15) is 0 Å². The van der Waals surface area contributed by atoms with Gasteiger partial charge in [0, 0.05) is 26.1 Å². The van der Waals surface area contributed by atoms with Gasteiger partial charge in [-0.15, -0.1) is 22.9 Å². The van der Waals surface area contributed by atoms with E-state index in [9.17, 15) is 4.79 Å². The van der Waals surface area contributed by atoms with Crippen molar-refractivity contribution in [2.45, 2.75) is 0 Å². The molecule has 1 aromatic heterocycles. The van der Waals surface area contributed by atoms with Gasteiger partial charge in [0.25, 0.3) is 5.91 Å². The van der Waals surface area contributed by atoms with Gasteiger partial charge >= 0.3 is 0 Å². The van der Waals surface area contributed by atoms with Crippen molar-refractivity contribution in [2.75, 3.05) is 32.7 Å². The molecule has 3 nitrogen and oxygen atoms in total. The summed E-state index contributed by atoms with van der Waals surface area (Å²) in [5, 5.41) is 0. The molecule has 0 unspecified atom stereocenters. The molecule has 0 spiro atoms. The highest BCUT2D eigenvalue weighted by Gasteiger charge is 2.16. The number of nitrogens with zero attached hydrogens (tertiary/aromatic N) is 1. The number of alkyl halides is 1. The number of methoxy groups -OCH3 is 1. The Bertz CT molecular complexity index is 343. The molecule has 0 N–H and O–H groups in total. The number of hydrogen-bond donors (Lipinski definition) is 0. The maximum atomic E-state index is 12.0. The summed E-state index contributed by atoms with van der Waals surface area (Å²) in [4.78, 5) is 14.3. The number of amides is 1. The van der Waals surface area contributed by atoms with Crippen LogP contribution in [0.1, 0.15) is 9.67 Å². The highest BCUT2D eigenvalue weighted by Crippen LogP contribution is 2.22. The molecule has 0 fully saturated rings. The van der Waals surface area contributed by atoms with E-state index in [1.165, 1.54) is 11.3 Å². The molecule has 90 valence electrons. The molecule has 0 radical (unpaired) electrons. The summed E-state index contributed by atoms with van der Waals surface area (Å²) in [7, 11) is 1.60. The van der Waals surface area contributed by atoms with Crippen molar-refractivity contribution >= 4 is 40.4 Å². The van der Waals surface area contributed by atoms with Gasteiger partial charge in [-0.05, 0) is 12.1 Å². The summed E-state index contributed by atoms with van der Waals surface area (Å²) in [6, 6.07) is 3.44. The van der Waals surface area contributed by atoms with Gasteiger partial charge in [-0.3, -0.25) is 4.79 Å². The van der Waals surface area contributed by atoms with Crippen LogP contribution in [0.5, 0.6) is 0 Å². The monoisotopic (exact) mass is 281 g/mol. The number of ether oxygens (including phenoxy) is 1. The Morgan fingerprint density at radius 2 is 2.25 bits per heavy atom. The molecule has 0 aromatic carbocycles. The van der Waals surface area contributed by atoms with E-state index in [2.05, 4.69) is 0 Å². The fourth-order valence-electron chi connectivity index (χ4n) is 1.20. The van der Waals surface area contributed by atoms with Crippen LogP contribution < -0.4 is 0 Å². The predicted molar refractivity (Wildman–Crippen MR) is 67.8 cm³/mol. The Morgan fingerprint density at radius 1 is 1.50 bits per heavy atom. The minimum absolute atomic E-state index is 0.0467. The number of rotatable bonds is 6. The summed E-state index contributed by atoms with van der Waals surface area (Å²) < 4.78 is 5.56. The van der Waals surface area contributed by atoms with Crippen molar-refractivity contribution in [3.63, 3.8) is 0 Å². The van der Waals surface area contributed by atoms with Gasteiger partial charge in [-0.25, -0.2) is 0 Å². The fraction of sp³-hybridized carbons (Fsp3) is 0.500. The smallest absolute Gasteiger partial charge is 0.264 e. The maximum Gasteiger partial charge on any atom is 0.264 e. The van der Waals surface area contributed by atoms with Crippen molar-refractivity contribution in [1.29, 1.82) is 0 Å². The van der Waals surface area contributed by atoms with Crippen molar-refractivity contribution in [3.8, 4) is 0 Å². The average molecular weight is 282 g/mol. The summed E-state index contributed by atoms with van der Waals surface area (Å²) in [6.07, 6.45) is 0. The van der Waals surface area contributed by atoms with Gasteiger partial charge in [0.05, 0.1) is 15.8 Å². The molecule has 0 bridgehead atoms. The molecule has 0 aliphatic rings. The lowest BCUT2D eigenvalue weighted by Crippen LogP contribution is -2.35. The lowest BCUT2D eigenvalue weighted by Gasteiger charge is -2.20. The van der Waals surface area contributed by atoms with Crippen LogP contribution in [0.2, 0.25) is 4.34 Å². The molecule has 0 saturated carbocycles. The van der Waals surface area contributed by atoms with Crippen LogP contribution in [0.4, 0.5) is 0 Å². The summed E-state index contributed by atoms with van der Waals surface area (Å²) in [6.45, 7) is 1.55. The number of hydrogen-bond acceptors (Lipinski definition) is 3. The lowest BCUT2D eigenvalue weighted by atomic mass is 10.4. The van der Waals surface area contributed by atoms with Crippen molar-refractivity contribution in [2.24, 2.45) is 0 Å². The number of thiophene rings is 1. The van der Waals surface area contributed by atoms with Crippen LogP contribution in [0, 0.1) is 0 Å². The molecule has 1 rings (SSSR count). The molecular formula is C10H13Cl2NO2S. The van der Waals surface area contributed by atoms with E-state index in [0.717, 1.165) is 0 Å². The molecule has 0 aliphatic heterocycles. The second-order valence-electron chi connectivity index (χ2n) is 3.08. The first-order valence-corrected chi connectivity index (χ1v) is 6.51. The molecule has 0 saturated heterocycles. The summed E-state index contributed by atoms with van der Waals surface area (Å²) in [5.41, 5.74) is 0. The van der Waals surface area contributed by atoms with Crippen LogP contribution >= 0.6 is 34.5 Å². The average Bonchev–Trinajstić information content (AvgIpc) is 2.70. The van der Waals surface area contributed by atoms with E-state index >= 15 is 0 Å². The van der Waals surface area contributed by atoms with E-state index in [-0.39, 0.29) is 5.91 Å². The molecule has 1 aromatic rings. The first-order chi connectivity index (χ1) is 7.69. The zero-order valence-corrected chi connectivity index (χ0v) is 11.2. The molecule has 16 heavy (non-hydrogen) atoms. The third-order valence-corrected chi connectivity index (χ3v) is 3.38. The molecule has 0 atom stereocenters. The Labute approximate surface area is 109 Å². The third-order valence-electron chi connectivity index (χ3n) is 1.99. The normalized spacial score (nSPS) is 10.4. The topological polar surface area (TPSA) is 29.5 Å². The molecule has 6 heteroatoms. The Hall–Kier alpha value is -0.290. The van der Waals surface area contributed by atoms with Gasteiger partial charge in [-0.1, -0.05) is 11.6 Å². The van der Waals surface area contributed by atoms with E-state index in [1.807, 2.05) is 0 Å². The van der Waals surface area contributed by atoms with Gasteiger partial charge in [0.1, 0.15) is 0 Å². The van der Waals surface area contributed by atoms with Crippen LogP contribution in [0.15, 0.2) is 12.1 Å². The fourth-order valence-corrected chi connectivity index (χ4v) is 2.42. The maximum absolute atomic E-state index is 12.0. The first-order valence-electron chi connectivity index (χ1n) is 4.78. The Balaban J connectivity index is 2.66. The zero-order chi connectivity index (χ0) is 12.0. The highest BCUT2D eigenvalue weighted by molar-refractivity contribution is 7.17.